The van der Waals surface area contributed by atoms with Crippen LogP contribution < -0.4 is 0 Å². The van der Waals surface area contributed by atoms with Crippen LogP contribution in [0.4, 0.5) is 0 Å². The maximum absolute atomic E-state index is 9.05. The predicted molar refractivity (Wildman–Crippen MR) is 47.7 cm³/mol. The number of hydrogen-bond donors (Lipinski definition) is 1. The van der Waals surface area contributed by atoms with Gasteiger partial charge in [0.2, 0.25) is 0 Å². The Labute approximate surface area is 72.5 Å². The van der Waals surface area contributed by atoms with Crippen molar-refractivity contribution in [1.29, 1.82) is 0 Å². The molecule has 0 unspecified atom stereocenters. The highest BCUT2D eigenvalue weighted by Crippen LogP contribution is 2.33. The van der Waals surface area contributed by atoms with Gasteiger partial charge in [0.1, 0.15) is 6.54 Å². The second kappa shape index (κ2) is 2.72. The smallest absolute Gasteiger partial charge is 0.121 e. The molecule has 0 atom stereocenters. The largest absolute Gasteiger partial charge is 0.403 e. The molecule has 0 amide bonds. The van der Waals surface area contributed by atoms with Gasteiger partial charge in [-0.2, -0.15) is 11.6 Å². The van der Waals surface area contributed by atoms with E-state index in [1.165, 1.54) is 11.6 Å². The van der Waals surface area contributed by atoms with Crippen LogP contribution in [0.15, 0.2) is 23.3 Å². The van der Waals surface area contributed by atoms with Crippen molar-refractivity contribution in [3.8, 4) is 0 Å². The average Bonchev–Trinajstić information content (AvgIpc) is 2.48. The van der Waals surface area contributed by atoms with Crippen LogP contribution in [-0.2, 0) is 0 Å². The fraction of sp³-hybridized carbons (Fsp3) is 0.300. The first-order chi connectivity index (χ1) is 5.83. The quantitative estimate of drug-likeness (QED) is 0.445. The number of allylic oxidation sites excluding steroid dienone is 1. The molecular formula is C10H12NO-. The summed E-state index contributed by atoms with van der Waals surface area (Å²) in [5.74, 6) is 0. The van der Waals surface area contributed by atoms with Crippen molar-refractivity contribution in [3.05, 3.63) is 35.8 Å². The van der Waals surface area contributed by atoms with E-state index in [2.05, 4.69) is 12.8 Å². The third-order valence-corrected chi connectivity index (χ3v) is 2.39. The zero-order valence-electron chi connectivity index (χ0n) is 6.95. The van der Waals surface area contributed by atoms with E-state index in [0.29, 0.717) is 0 Å². The molecule has 1 N–H and O–H groups in total. The van der Waals surface area contributed by atoms with Gasteiger partial charge in [-0.3, -0.25) is 0 Å². The zero-order chi connectivity index (χ0) is 8.55. The van der Waals surface area contributed by atoms with Gasteiger partial charge in [0.15, 0.2) is 0 Å². The molecular weight excluding hydrogens is 150 g/mol. The van der Waals surface area contributed by atoms with E-state index in [1.807, 2.05) is 17.1 Å². The summed E-state index contributed by atoms with van der Waals surface area (Å²) < 4.78 is 1.98. The Kier molecular flexibility index (Phi) is 1.70. The monoisotopic (exact) mass is 162 g/mol. The first-order valence-electron chi connectivity index (χ1n) is 4.12. The third kappa shape index (κ3) is 0.959. The molecule has 1 fully saturated rings. The molecule has 12 heavy (non-hydrogen) atoms. The Morgan fingerprint density at radius 3 is 3.33 bits per heavy atom. The number of fused-ring (bicyclic) bond motifs is 1. The molecule has 0 saturated carbocycles. The van der Waals surface area contributed by atoms with Crippen molar-refractivity contribution in [2.45, 2.75) is 6.42 Å². The summed E-state index contributed by atoms with van der Waals surface area (Å²) in [7, 11) is 0. The van der Waals surface area contributed by atoms with Crippen LogP contribution >= 0.6 is 0 Å². The average molecular weight is 162 g/mol. The van der Waals surface area contributed by atoms with Gasteiger partial charge in [-0.05, 0) is 6.42 Å². The lowest BCUT2D eigenvalue weighted by Gasteiger charge is -2.28. The summed E-state index contributed by atoms with van der Waals surface area (Å²) >= 11 is 0. The van der Waals surface area contributed by atoms with Gasteiger partial charge < -0.3 is 9.68 Å². The zero-order valence-corrected chi connectivity index (χ0v) is 6.95. The Hall–Kier alpha value is -1.15. The molecule has 0 radical (unpaired) electrons. The van der Waals surface area contributed by atoms with E-state index in [0.717, 1.165) is 18.5 Å². The third-order valence-electron chi connectivity index (χ3n) is 2.39. The van der Waals surface area contributed by atoms with Crippen molar-refractivity contribution < 1.29 is 9.68 Å². The SMILES string of the molecule is C=[N+]1CCC2=C(CO)[CH-]C=C[C-]21. The predicted octanol–water partition coefficient (Wildman–Crippen LogP) is 0.698. The first-order valence-corrected chi connectivity index (χ1v) is 4.12. The molecule has 2 aliphatic rings. The molecule has 2 heteroatoms. The first kappa shape index (κ1) is 7.50. The molecule has 64 valence electrons. The molecule has 0 aromatic heterocycles. The summed E-state index contributed by atoms with van der Waals surface area (Å²) in [6.45, 7) is 5.01. The highest BCUT2D eigenvalue weighted by atomic mass is 16.3. The van der Waals surface area contributed by atoms with Gasteiger partial charge in [-0.15, -0.1) is 0 Å². The lowest BCUT2D eigenvalue weighted by molar-refractivity contribution is -0.475. The maximum Gasteiger partial charge on any atom is 0.121 e. The van der Waals surface area contributed by atoms with E-state index in [1.54, 1.807) is 0 Å². The minimum atomic E-state index is 0.136. The molecule has 1 saturated heterocycles. The van der Waals surface area contributed by atoms with Crippen LogP contribution in [0.1, 0.15) is 6.42 Å². The van der Waals surface area contributed by atoms with Gasteiger partial charge in [0.25, 0.3) is 0 Å². The molecule has 0 spiro atoms. The normalized spacial score (nSPS) is 21.4. The lowest BCUT2D eigenvalue weighted by atomic mass is 9.94. The topological polar surface area (TPSA) is 23.2 Å². The summed E-state index contributed by atoms with van der Waals surface area (Å²) in [6, 6.07) is 1.17. The Balaban J connectivity index is 2.35. The van der Waals surface area contributed by atoms with Gasteiger partial charge in [-0.1, -0.05) is 0 Å². The number of rotatable bonds is 1. The van der Waals surface area contributed by atoms with Crippen molar-refractivity contribution >= 4 is 6.72 Å². The minimum Gasteiger partial charge on any atom is -0.403 e. The highest BCUT2D eigenvalue weighted by molar-refractivity contribution is 5.46. The van der Waals surface area contributed by atoms with Crippen LogP contribution in [0.2, 0.25) is 0 Å². The van der Waals surface area contributed by atoms with Gasteiger partial charge >= 0.3 is 0 Å². The van der Waals surface area contributed by atoms with Crippen molar-refractivity contribution in [2.75, 3.05) is 13.2 Å². The fourth-order valence-corrected chi connectivity index (χ4v) is 1.72. The maximum atomic E-state index is 9.05. The lowest BCUT2D eigenvalue weighted by Crippen LogP contribution is -2.11. The minimum absolute atomic E-state index is 0.136. The highest BCUT2D eigenvalue weighted by Gasteiger charge is 2.19. The van der Waals surface area contributed by atoms with E-state index >= 15 is 0 Å². The molecule has 0 aromatic carbocycles. The van der Waals surface area contributed by atoms with E-state index < -0.39 is 0 Å². The van der Waals surface area contributed by atoms with Crippen LogP contribution in [0.25, 0.3) is 0 Å². The molecule has 1 aliphatic carbocycles. The Morgan fingerprint density at radius 2 is 2.58 bits per heavy atom. The molecule has 1 heterocycles. The molecule has 1 aliphatic heterocycles. The number of nitrogens with zero attached hydrogens (tertiary/aromatic N) is 1. The summed E-state index contributed by atoms with van der Waals surface area (Å²) in [4.78, 5) is 0. The fourth-order valence-electron chi connectivity index (χ4n) is 1.72. The van der Waals surface area contributed by atoms with Crippen molar-refractivity contribution in [2.24, 2.45) is 0 Å². The molecule has 2 rings (SSSR count). The van der Waals surface area contributed by atoms with Gasteiger partial charge in [0, 0.05) is 12.6 Å². The van der Waals surface area contributed by atoms with E-state index in [4.69, 9.17) is 5.11 Å². The summed E-state index contributed by atoms with van der Waals surface area (Å²) in [6.07, 6.45) is 7.00. The van der Waals surface area contributed by atoms with Crippen molar-refractivity contribution in [1.82, 2.24) is 0 Å². The molecule has 2 nitrogen and oxygen atoms in total. The Bertz CT molecular complexity index is 276. The molecule has 0 aromatic rings. The van der Waals surface area contributed by atoms with E-state index in [9.17, 15) is 0 Å². The second-order valence-electron chi connectivity index (χ2n) is 3.09. The Morgan fingerprint density at radius 1 is 1.75 bits per heavy atom. The van der Waals surface area contributed by atoms with Crippen LogP contribution in [0.3, 0.4) is 0 Å². The van der Waals surface area contributed by atoms with Crippen LogP contribution in [-0.4, -0.2) is 29.6 Å². The van der Waals surface area contributed by atoms with Gasteiger partial charge in [0.05, 0.1) is 6.72 Å². The van der Waals surface area contributed by atoms with Gasteiger partial charge in [-0.25, -0.2) is 18.1 Å². The number of hydrogen-bond acceptors (Lipinski definition) is 1. The van der Waals surface area contributed by atoms with Crippen LogP contribution in [0, 0.1) is 12.5 Å². The number of aliphatic hydroxyl groups excluding tert-OH is 1. The summed E-state index contributed by atoms with van der Waals surface area (Å²) in [5.41, 5.74) is 2.30. The second-order valence-corrected chi connectivity index (χ2v) is 3.09. The van der Waals surface area contributed by atoms with E-state index in [-0.39, 0.29) is 6.61 Å². The summed E-state index contributed by atoms with van der Waals surface area (Å²) in [5, 5.41) is 9.05. The molecule has 0 bridgehead atoms. The van der Waals surface area contributed by atoms with Crippen molar-refractivity contribution in [3.63, 3.8) is 0 Å². The number of aliphatic hydroxyl groups is 1. The van der Waals surface area contributed by atoms with Crippen LogP contribution in [0.5, 0.6) is 0 Å². The standard InChI is InChI=1S/C10H12NO/c1-11-6-5-9-8(7-12)3-2-4-10(9)11/h2-4,12H,1,5-7H2/q-1.